The summed E-state index contributed by atoms with van der Waals surface area (Å²) >= 11 is 5.27. The highest BCUT2D eigenvalue weighted by molar-refractivity contribution is 9.10. The van der Waals surface area contributed by atoms with Gasteiger partial charge in [-0.3, -0.25) is 0 Å². The van der Waals surface area contributed by atoms with Crippen molar-refractivity contribution in [3.05, 3.63) is 40.6 Å². The molecule has 3 nitrogen and oxygen atoms in total. The molecule has 0 saturated heterocycles. The smallest absolute Gasteiger partial charge is 0.172 e. The van der Waals surface area contributed by atoms with Crippen molar-refractivity contribution in [2.45, 2.75) is 35.5 Å². The lowest BCUT2D eigenvalue weighted by molar-refractivity contribution is 0.680. The maximum atomic E-state index is 4.38. The van der Waals surface area contributed by atoms with Gasteiger partial charge in [0.15, 0.2) is 5.16 Å². The second kappa shape index (κ2) is 5.69. The Labute approximate surface area is 125 Å². The summed E-state index contributed by atoms with van der Waals surface area (Å²) in [5.74, 6) is 0. The third-order valence-corrected chi connectivity index (χ3v) is 4.84. The average Bonchev–Trinajstić information content (AvgIpc) is 3.13. The Kier molecular flexibility index (Phi) is 3.96. The van der Waals surface area contributed by atoms with Crippen LogP contribution in [0, 0.1) is 0 Å². The molecule has 1 heterocycles. The van der Waals surface area contributed by atoms with Gasteiger partial charge in [0.2, 0.25) is 0 Å². The van der Waals surface area contributed by atoms with Crippen LogP contribution in [0.25, 0.3) is 0 Å². The summed E-state index contributed by atoms with van der Waals surface area (Å²) in [5, 5.41) is 4.59. The maximum Gasteiger partial charge on any atom is 0.172 e. The van der Waals surface area contributed by atoms with Crippen molar-refractivity contribution in [2.75, 3.05) is 0 Å². The van der Waals surface area contributed by atoms with E-state index in [1.165, 1.54) is 23.3 Å². The van der Waals surface area contributed by atoms with Gasteiger partial charge >= 0.3 is 0 Å². The molecule has 0 radical (unpaired) electrons. The summed E-state index contributed by atoms with van der Waals surface area (Å²) in [6.45, 7) is 0.935. The van der Waals surface area contributed by atoms with Crippen LogP contribution in [-0.4, -0.2) is 15.6 Å². The maximum absolute atomic E-state index is 4.38. The molecule has 0 atom stereocenters. The van der Waals surface area contributed by atoms with Gasteiger partial charge in [-0.05, 0) is 30.5 Å². The second-order valence-corrected chi connectivity index (χ2v) is 6.75. The van der Waals surface area contributed by atoms with Crippen molar-refractivity contribution < 1.29 is 0 Å². The first-order valence-electron chi connectivity index (χ1n) is 6.39. The predicted octanol–water partition coefficient (Wildman–Crippen LogP) is 3.59. The van der Waals surface area contributed by atoms with Crippen LogP contribution < -0.4 is 5.32 Å². The molecule has 0 bridgehead atoms. The molecule has 100 valence electrons. The fraction of sp³-hybridized carbons (Fsp3) is 0.357. The molecule has 1 aliphatic carbocycles. The largest absolute Gasteiger partial charge is 0.329 e. The van der Waals surface area contributed by atoms with Crippen LogP contribution in [0.2, 0.25) is 0 Å². The monoisotopic (exact) mass is 337 g/mol. The molecule has 1 aromatic heterocycles. The van der Waals surface area contributed by atoms with E-state index < -0.39 is 0 Å². The van der Waals surface area contributed by atoms with E-state index in [2.05, 4.69) is 44.4 Å². The van der Waals surface area contributed by atoms with E-state index in [0.29, 0.717) is 0 Å². The summed E-state index contributed by atoms with van der Waals surface area (Å²) in [6.07, 6.45) is 6.45. The number of nitrogens with zero attached hydrogens (tertiary/aromatic N) is 2. The van der Waals surface area contributed by atoms with Crippen LogP contribution >= 0.6 is 27.7 Å². The summed E-state index contributed by atoms with van der Waals surface area (Å²) in [7, 11) is 2.02. The van der Waals surface area contributed by atoms with E-state index in [9.17, 15) is 0 Å². The number of aryl methyl sites for hydroxylation is 1. The topological polar surface area (TPSA) is 29.9 Å². The number of halogens is 1. The zero-order chi connectivity index (χ0) is 13.2. The zero-order valence-corrected chi connectivity index (χ0v) is 13.2. The Morgan fingerprint density at radius 2 is 2.32 bits per heavy atom. The number of hydrogen-bond acceptors (Lipinski definition) is 3. The lowest BCUT2D eigenvalue weighted by Gasteiger charge is -2.10. The molecule has 0 unspecified atom stereocenters. The van der Waals surface area contributed by atoms with E-state index >= 15 is 0 Å². The highest BCUT2D eigenvalue weighted by atomic mass is 79.9. The molecule has 1 aliphatic rings. The number of hydrogen-bond donors (Lipinski definition) is 1. The molecule has 1 aromatic carbocycles. The van der Waals surface area contributed by atoms with E-state index in [-0.39, 0.29) is 0 Å². The summed E-state index contributed by atoms with van der Waals surface area (Å²) < 4.78 is 3.16. The van der Waals surface area contributed by atoms with Crippen LogP contribution in [0.3, 0.4) is 0 Å². The Morgan fingerprint density at radius 1 is 1.47 bits per heavy atom. The highest BCUT2D eigenvalue weighted by Crippen LogP contribution is 2.32. The van der Waals surface area contributed by atoms with Gasteiger partial charge in [0.1, 0.15) is 0 Å². The zero-order valence-electron chi connectivity index (χ0n) is 10.8. The first kappa shape index (κ1) is 13.2. The van der Waals surface area contributed by atoms with Crippen molar-refractivity contribution >= 4 is 27.7 Å². The van der Waals surface area contributed by atoms with E-state index in [4.69, 9.17) is 0 Å². The van der Waals surface area contributed by atoms with Crippen LogP contribution in [0.15, 0.2) is 45.1 Å². The molecule has 0 spiro atoms. The molecule has 1 saturated carbocycles. The predicted molar refractivity (Wildman–Crippen MR) is 81.3 cm³/mol. The molecule has 19 heavy (non-hydrogen) atoms. The van der Waals surface area contributed by atoms with Gasteiger partial charge in [0.05, 0.1) is 0 Å². The molecule has 0 amide bonds. The van der Waals surface area contributed by atoms with E-state index in [0.717, 1.165) is 22.2 Å². The van der Waals surface area contributed by atoms with Gasteiger partial charge in [-0.2, -0.15) is 0 Å². The lowest BCUT2D eigenvalue weighted by atomic mass is 10.2. The number of nitrogens with one attached hydrogen (secondary N) is 1. The Bertz CT molecular complexity index is 578. The number of rotatable bonds is 5. The number of aromatic nitrogens is 2. The third kappa shape index (κ3) is 3.41. The Hall–Kier alpha value is -0.780. The molecular weight excluding hydrogens is 322 g/mol. The van der Waals surface area contributed by atoms with Crippen LogP contribution in [-0.2, 0) is 13.6 Å². The average molecular weight is 338 g/mol. The fourth-order valence-corrected chi connectivity index (χ4v) is 3.34. The molecule has 5 heteroatoms. The minimum absolute atomic E-state index is 0.731. The summed E-state index contributed by atoms with van der Waals surface area (Å²) in [4.78, 5) is 5.64. The van der Waals surface area contributed by atoms with Crippen LogP contribution in [0.5, 0.6) is 0 Å². The Balaban J connectivity index is 1.80. The molecule has 3 rings (SSSR count). The quantitative estimate of drug-likeness (QED) is 0.904. The van der Waals surface area contributed by atoms with Crippen molar-refractivity contribution in [2.24, 2.45) is 7.05 Å². The molecule has 2 aromatic rings. The number of benzene rings is 1. The van der Waals surface area contributed by atoms with Crippen LogP contribution in [0.1, 0.15) is 18.4 Å². The van der Waals surface area contributed by atoms with Gasteiger partial charge in [0.25, 0.3) is 0 Å². The Morgan fingerprint density at radius 3 is 3.00 bits per heavy atom. The minimum Gasteiger partial charge on any atom is -0.329 e. The van der Waals surface area contributed by atoms with Gasteiger partial charge in [-0.1, -0.05) is 33.8 Å². The van der Waals surface area contributed by atoms with E-state index in [1.54, 1.807) is 11.8 Å². The van der Waals surface area contributed by atoms with Gasteiger partial charge < -0.3 is 9.88 Å². The third-order valence-electron chi connectivity index (χ3n) is 3.17. The fourth-order valence-electron chi connectivity index (χ4n) is 1.86. The van der Waals surface area contributed by atoms with Crippen molar-refractivity contribution in [3.8, 4) is 0 Å². The first-order chi connectivity index (χ1) is 9.22. The summed E-state index contributed by atoms with van der Waals surface area (Å²) in [6, 6.07) is 7.19. The van der Waals surface area contributed by atoms with Crippen molar-refractivity contribution in [1.29, 1.82) is 0 Å². The van der Waals surface area contributed by atoms with Gasteiger partial charge in [0, 0.05) is 41.4 Å². The highest BCUT2D eigenvalue weighted by Gasteiger charge is 2.20. The SMILES string of the molecule is Cn1ccnc1Sc1cc(Br)ccc1CNC1CC1. The van der Waals surface area contributed by atoms with Gasteiger partial charge in [-0.15, -0.1) is 0 Å². The lowest BCUT2D eigenvalue weighted by Crippen LogP contribution is -2.15. The molecule has 0 aliphatic heterocycles. The van der Waals surface area contributed by atoms with E-state index in [1.807, 2.05) is 24.0 Å². The van der Waals surface area contributed by atoms with Gasteiger partial charge in [-0.25, -0.2) is 4.98 Å². The molecule has 1 N–H and O–H groups in total. The first-order valence-corrected chi connectivity index (χ1v) is 8.00. The van der Waals surface area contributed by atoms with Crippen molar-refractivity contribution in [1.82, 2.24) is 14.9 Å². The minimum atomic E-state index is 0.731. The number of imidazole rings is 1. The molecule has 1 fully saturated rings. The normalized spacial score (nSPS) is 14.8. The molecular formula is C14H16BrN3S. The van der Waals surface area contributed by atoms with Crippen molar-refractivity contribution in [3.63, 3.8) is 0 Å². The van der Waals surface area contributed by atoms with Crippen LogP contribution in [0.4, 0.5) is 0 Å². The summed E-state index contributed by atoms with van der Waals surface area (Å²) in [5.41, 5.74) is 1.34. The standard InChI is InChI=1S/C14H16BrN3S/c1-18-7-6-16-14(18)19-13-8-11(15)3-2-10(13)9-17-12-4-5-12/h2-3,6-8,12,17H,4-5,9H2,1H3. The second-order valence-electron chi connectivity index (χ2n) is 4.83.